The maximum atomic E-state index is 5.92. The molecular weight excluding hydrogens is 326 g/mol. The van der Waals surface area contributed by atoms with Gasteiger partial charge < -0.3 is 19.5 Å². The molecule has 1 heterocycles. The highest BCUT2D eigenvalue weighted by atomic mass is 35.5. The Balaban J connectivity index is 0.00000208. The first-order valence-electron chi connectivity index (χ1n) is 7.60. The van der Waals surface area contributed by atoms with Crippen LogP contribution >= 0.6 is 12.4 Å². The summed E-state index contributed by atoms with van der Waals surface area (Å²) in [6.45, 7) is 2.19. The van der Waals surface area contributed by atoms with Gasteiger partial charge >= 0.3 is 0 Å². The first-order valence-corrected chi connectivity index (χ1v) is 7.60. The number of terminal acetylenes is 1. The van der Waals surface area contributed by atoms with Crippen LogP contribution in [-0.2, 0) is 6.54 Å². The van der Waals surface area contributed by atoms with Crippen LogP contribution in [0.1, 0.15) is 5.56 Å². The standard InChI is InChI=1S/C19H19NO3.ClH/c1-2-11-21-17-8-4-3-7-15(17)12-20-13-16-14-22-18-9-5-6-10-19(18)23-16;/h1,3-10,16,20H,11-14H2;1H. The van der Waals surface area contributed by atoms with Crippen molar-refractivity contribution in [1.82, 2.24) is 5.32 Å². The van der Waals surface area contributed by atoms with Gasteiger partial charge in [-0.1, -0.05) is 36.3 Å². The van der Waals surface area contributed by atoms with Gasteiger partial charge in [0.2, 0.25) is 0 Å². The van der Waals surface area contributed by atoms with E-state index in [-0.39, 0.29) is 25.1 Å². The minimum atomic E-state index is -0.0105. The van der Waals surface area contributed by atoms with Crippen molar-refractivity contribution in [3.8, 4) is 29.6 Å². The van der Waals surface area contributed by atoms with Gasteiger partial charge in [0.25, 0.3) is 0 Å². The number of fused-ring (bicyclic) bond motifs is 1. The van der Waals surface area contributed by atoms with Crippen molar-refractivity contribution >= 4 is 12.4 Å². The number of halogens is 1. The number of rotatable bonds is 6. The fourth-order valence-corrected chi connectivity index (χ4v) is 2.44. The Morgan fingerprint density at radius 2 is 1.88 bits per heavy atom. The summed E-state index contributed by atoms with van der Waals surface area (Å²) >= 11 is 0. The molecule has 24 heavy (non-hydrogen) atoms. The Morgan fingerprint density at radius 3 is 2.71 bits per heavy atom. The lowest BCUT2D eigenvalue weighted by molar-refractivity contribution is 0.0902. The lowest BCUT2D eigenvalue weighted by atomic mass is 10.2. The Labute approximate surface area is 148 Å². The second-order valence-corrected chi connectivity index (χ2v) is 5.23. The number of hydrogen-bond donors (Lipinski definition) is 1. The lowest BCUT2D eigenvalue weighted by Gasteiger charge is -2.26. The molecule has 0 aliphatic carbocycles. The van der Waals surface area contributed by atoms with Gasteiger partial charge in [-0.3, -0.25) is 0 Å². The molecule has 5 heteroatoms. The van der Waals surface area contributed by atoms with Gasteiger partial charge in [0, 0.05) is 18.7 Å². The second kappa shape index (κ2) is 9.07. The van der Waals surface area contributed by atoms with Gasteiger partial charge in [-0.05, 0) is 18.2 Å². The summed E-state index contributed by atoms with van der Waals surface area (Å²) in [5.41, 5.74) is 1.07. The molecule has 1 unspecified atom stereocenters. The van der Waals surface area contributed by atoms with Crippen LogP contribution in [-0.4, -0.2) is 25.9 Å². The molecule has 3 rings (SSSR count). The highest BCUT2D eigenvalue weighted by Crippen LogP contribution is 2.30. The topological polar surface area (TPSA) is 39.7 Å². The van der Waals surface area contributed by atoms with E-state index in [9.17, 15) is 0 Å². The summed E-state index contributed by atoms with van der Waals surface area (Å²) in [5, 5.41) is 3.38. The quantitative estimate of drug-likeness (QED) is 0.817. The van der Waals surface area contributed by atoms with Crippen molar-refractivity contribution < 1.29 is 14.2 Å². The van der Waals surface area contributed by atoms with E-state index in [4.69, 9.17) is 20.6 Å². The number of hydrogen-bond acceptors (Lipinski definition) is 4. The van der Waals surface area contributed by atoms with Crippen LogP contribution in [0.3, 0.4) is 0 Å². The van der Waals surface area contributed by atoms with Gasteiger partial charge in [-0.2, -0.15) is 0 Å². The van der Waals surface area contributed by atoms with Crippen LogP contribution in [0.2, 0.25) is 0 Å². The van der Waals surface area contributed by atoms with Crippen molar-refractivity contribution in [2.45, 2.75) is 12.6 Å². The third kappa shape index (κ3) is 4.58. The number of para-hydroxylation sites is 3. The Bertz CT molecular complexity index is 699. The number of ether oxygens (including phenoxy) is 3. The molecule has 1 aliphatic rings. The molecule has 0 saturated carbocycles. The molecule has 0 spiro atoms. The van der Waals surface area contributed by atoms with E-state index in [1.807, 2.05) is 48.5 Å². The first-order chi connectivity index (χ1) is 11.4. The van der Waals surface area contributed by atoms with Gasteiger partial charge in [-0.25, -0.2) is 0 Å². The fourth-order valence-electron chi connectivity index (χ4n) is 2.44. The van der Waals surface area contributed by atoms with Crippen LogP contribution in [0.15, 0.2) is 48.5 Å². The van der Waals surface area contributed by atoms with Crippen LogP contribution < -0.4 is 19.5 Å². The van der Waals surface area contributed by atoms with Crippen molar-refractivity contribution in [1.29, 1.82) is 0 Å². The summed E-state index contributed by atoms with van der Waals surface area (Å²) in [5.74, 6) is 4.89. The van der Waals surface area contributed by atoms with E-state index in [2.05, 4.69) is 11.2 Å². The minimum Gasteiger partial charge on any atom is -0.486 e. The van der Waals surface area contributed by atoms with Crippen LogP contribution in [0.25, 0.3) is 0 Å². The lowest BCUT2D eigenvalue weighted by Crippen LogP contribution is -2.38. The maximum Gasteiger partial charge on any atom is 0.161 e. The van der Waals surface area contributed by atoms with Gasteiger partial charge in [0.15, 0.2) is 11.5 Å². The van der Waals surface area contributed by atoms with Crippen LogP contribution in [0, 0.1) is 12.3 Å². The monoisotopic (exact) mass is 345 g/mol. The third-order valence-corrected chi connectivity index (χ3v) is 3.54. The fraction of sp³-hybridized carbons (Fsp3) is 0.263. The van der Waals surface area contributed by atoms with E-state index >= 15 is 0 Å². The molecule has 1 atom stereocenters. The molecular formula is C19H20ClNO3. The average molecular weight is 346 g/mol. The molecule has 4 nitrogen and oxygen atoms in total. The smallest absolute Gasteiger partial charge is 0.161 e. The van der Waals surface area contributed by atoms with E-state index < -0.39 is 0 Å². The van der Waals surface area contributed by atoms with E-state index in [1.54, 1.807) is 0 Å². The van der Waals surface area contributed by atoms with Crippen LogP contribution in [0.4, 0.5) is 0 Å². The van der Waals surface area contributed by atoms with Crippen molar-refractivity contribution in [2.75, 3.05) is 19.8 Å². The predicted octanol–water partition coefficient (Wildman–Crippen LogP) is 3.05. The van der Waals surface area contributed by atoms with Crippen LogP contribution in [0.5, 0.6) is 17.2 Å². The molecule has 0 bridgehead atoms. The zero-order valence-corrected chi connectivity index (χ0v) is 14.1. The van der Waals surface area contributed by atoms with Crippen molar-refractivity contribution in [3.63, 3.8) is 0 Å². The highest BCUT2D eigenvalue weighted by Gasteiger charge is 2.20. The Morgan fingerprint density at radius 1 is 1.12 bits per heavy atom. The summed E-state index contributed by atoms with van der Waals surface area (Å²) < 4.78 is 17.2. The molecule has 1 aliphatic heterocycles. The normalized spacial score (nSPS) is 15.0. The van der Waals surface area contributed by atoms with E-state index in [0.29, 0.717) is 19.7 Å². The summed E-state index contributed by atoms with van der Waals surface area (Å²) in [6.07, 6.45) is 5.23. The van der Waals surface area contributed by atoms with E-state index in [1.165, 1.54) is 0 Å². The van der Waals surface area contributed by atoms with Crippen molar-refractivity contribution in [2.24, 2.45) is 0 Å². The van der Waals surface area contributed by atoms with Gasteiger partial charge in [0.05, 0.1) is 0 Å². The summed E-state index contributed by atoms with van der Waals surface area (Å²) in [6, 6.07) is 15.6. The Kier molecular flexibility index (Phi) is 6.80. The van der Waals surface area contributed by atoms with E-state index in [0.717, 1.165) is 22.8 Å². The molecule has 0 aromatic heterocycles. The van der Waals surface area contributed by atoms with Crippen molar-refractivity contribution in [3.05, 3.63) is 54.1 Å². The molecule has 2 aromatic carbocycles. The first kappa shape index (κ1) is 18.0. The van der Waals surface area contributed by atoms with Gasteiger partial charge in [-0.15, -0.1) is 18.8 Å². The minimum absolute atomic E-state index is 0. The van der Waals surface area contributed by atoms with Gasteiger partial charge in [0.1, 0.15) is 25.1 Å². The molecule has 0 amide bonds. The number of benzene rings is 2. The zero-order valence-electron chi connectivity index (χ0n) is 13.2. The SMILES string of the molecule is C#CCOc1ccccc1CNCC1COc2ccccc2O1.Cl. The molecule has 0 fully saturated rings. The molecule has 0 radical (unpaired) electrons. The molecule has 2 aromatic rings. The summed E-state index contributed by atoms with van der Waals surface area (Å²) in [4.78, 5) is 0. The maximum absolute atomic E-state index is 5.92. The molecule has 126 valence electrons. The summed E-state index contributed by atoms with van der Waals surface area (Å²) in [7, 11) is 0. The largest absolute Gasteiger partial charge is 0.486 e. The predicted molar refractivity (Wildman–Crippen MR) is 96.1 cm³/mol. The second-order valence-electron chi connectivity index (χ2n) is 5.23. The average Bonchev–Trinajstić information content (AvgIpc) is 2.61. The third-order valence-electron chi connectivity index (χ3n) is 3.54. The number of nitrogens with one attached hydrogen (secondary N) is 1. The molecule has 1 N–H and O–H groups in total. The zero-order chi connectivity index (χ0) is 15.9. The Hall–Kier alpha value is -2.35. The highest BCUT2D eigenvalue weighted by molar-refractivity contribution is 5.85. The molecule has 0 saturated heterocycles.